The minimum atomic E-state index is -3.04. The lowest BCUT2D eigenvalue weighted by Gasteiger charge is -2.38. The van der Waals surface area contributed by atoms with Gasteiger partial charge in [0.25, 0.3) is 5.91 Å². The minimum absolute atomic E-state index is 0.0612. The van der Waals surface area contributed by atoms with Crippen molar-refractivity contribution in [3.8, 4) is 0 Å². The molecule has 0 radical (unpaired) electrons. The first-order valence-electron chi connectivity index (χ1n) is 8.31. The number of nitrogens with one attached hydrogen (secondary N) is 1. The van der Waals surface area contributed by atoms with Crippen molar-refractivity contribution in [2.24, 2.45) is 5.73 Å². The third-order valence-corrected chi connectivity index (χ3v) is 6.42. The van der Waals surface area contributed by atoms with Crippen LogP contribution >= 0.6 is 0 Å². The van der Waals surface area contributed by atoms with Gasteiger partial charge in [0.1, 0.15) is 5.69 Å². The number of rotatable bonds is 4. The van der Waals surface area contributed by atoms with Crippen molar-refractivity contribution in [3.05, 3.63) is 17.5 Å². The highest BCUT2D eigenvalue weighted by atomic mass is 32.2. The van der Waals surface area contributed by atoms with Crippen LogP contribution in [0.25, 0.3) is 0 Å². The molecule has 3 heterocycles. The molecule has 1 aromatic rings. The Kier molecular flexibility index (Phi) is 4.48. The number of nitrogens with zero attached hydrogens (tertiary/aromatic N) is 3. The van der Waals surface area contributed by atoms with Crippen LogP contribution in [0.3, 0.4) is 0 Å². The maximum Gasteiger partial charge on any atom is 0.314 e. The SMILES string of the molecule is CC(C)c1cc(C(=O)NC2CN(C(N)=O)C2)nn1C1CCS(=O)(=O)C1. The molecule has 3 N–H and O–H groups in total. The number of likely N-dealkylation sites (tertiary alicyclic amines) is 1. The molecule has 138 valence electrons. The van der Waals surface area contributed by atoms with Crippen LogP contribution in [0, 0.1) is 0 Å². The average Bonchev–Trinajstić information content (AvgIpc) is 3.05. The van der Waals surface area contributed by atoms with E-state index in [1.807, 2.05) is 13.8 Å². The number of amides is 3. The highest BCUT2D eigenvalue weighted by molar-refractivity contribution is 7.91. The highest BCUT2D eigenvalue weighted by Gasteiger charge is 2.34. The summed E-state index contributed by atoms with van der Waals surface area (Å²) in [7, 11) is -3.04. The molecule has 1 aromatic heterocycles. The Morgan fingerprint density at radius 1 is 1.36 bits per heavy atom. The van der Waals surface area contributed by atoms with E-state index in [0.29, 0.717) is 19.5 Å². The van der Waals surface area contributed by atoms with Crippen molar-refractivity contribution < 1.29 is 18.0 Å². The second kappa shape index (κ2) is 6.32. The molecule has 2 aliphatic rings. The minimum Gasteiger partial charge on any atom is -0.351 e. The molecule has 10 heteroatoms. The summed E-state index contributed by atoms with van der Waals surface area (Å²) in [5.74, 6) is 0.00910. The van der Waals surface area contributed by atoms with Crippen LogP contribution in [-0.2, 0) is 9.84 Å². The lowest BCUT2D eigenvalue weighted by atomic mass is 10.1. The van der Waals surface area contributed by atoms with Gasteiger partial charge in [-0.1, -0.05) is 13.8 Å². The zero-order chi connectivity index (χ0) is 18.4. The molecule has 2 fully saturated rings. The molecule has 0 aromatic carbocycles. The monoisotopic (exact) mass is 369 g/mol. The Morgan fingerprint density at radius 2 is 2.04 bits per heavy atom. The van der Waals surface area contributed by atoms with Gasteiger partial charge < -0.3 is 16.0 Å². The first kappa shape index (κ1) is 17.7. The lowest BCUT2D eigenvalue weighted by Crippen LogP contribution is -2.62. The van der Waals surface area contributed by atoms with Gasteiger partial charge in [0.05, 0.1) is 23.6 Å². The molecular weight excluding hydrogens is 346 g/mol. The summed E-state index contributed by atoms with van der Waals surface area (Å²) >= 11 is 0. The molecule has 0 spiro atoms. The van der Waals surface area contributed by atoms with Crippen molar-refractivity contribution >= 4 is 21.8 Å². The quantitative estimate of drug-likeness (QED) is 0.763. The zero-order valence-electron chi connectivity index (χ0n) is 14.3. The van der Waals surface area contributed by atoms with E-state index >= 15 is 0 Å². The van der Waals surface area contributed by atoms with Crippen LogP contribution in [0.15, 0.2) is 6.07 Å². The first-order chi connectivity index (χ1) is 11.7. The summed E-state index contributed by atoms with van der Waals surface area (Å²) in [4.78, 5) is 24.8. The number of aromatic nitrogens is 2. The van der Waals surface area contributed by atoms with Gasteiger partial charge >= 0.3 is 6.03 Å². The third-order valence-electron chi connectivity index (χ3n) is 4.67. The van der Waals surface area contributed by atoms with Crippen molar-refractivity contribution in [1.82, 2.24) is 20.0 Å². The molecule has 3 amide bonds. The van der Waals surface area contributed by atoms with E-state index in [4.69, 9.17) is 5.73 Å². The van der Waals surface area contributed by atoms with Gasteiger partial charge in [0.15, 0.2) is 9.84 Å². The predicted octanol–water partition coefficient (Wildman–Crippen LogP) is -0.141. The van der Waals surface area contributed by atoms with Gasteiger partial charge in [0, 0.05) is 18.8 Å². The standard InChI is InChI=1S/C15H23N5O4S/c1-9(2)13-5-12(14(21)17-10-6-19(7-10)15(16)22)18-20(13)11-3-4-25(23,24)8-11/h5,9-11H,3-4,6-8H2,1-2H3,(H2,16,22)(H,17,21). The number of carbonyl (C=O) groups excluding carboxylic acids is 2. The summed E-state index contributed by atoms with van der Waals surface area (Å²) in [6.45, 7) is 4.74. The Bertz CT molecular complexity index is 795. The van der Waals surface area contributed by atoms with Crippen LogP contribution in [0.5, 0.6) is 0 Å². The second-order valence-electron chi connectivity index (χ2n) is 7.02. The number of nitrogens with two attached hydrogens (primary N) is 1. The van der Waals surface area contributed by atoms with Gasteiger partial charge in [-0.05, 0) is 18.4 Å². The van der Waals surface area contributed by atoms with Crippen LogP contribution in [0.1, 0.15) is 48.4 Å². The van der Waals surface area contributed by atoms with Crippen LogP contribution < -0.4 is 11.1 Å². The maximum absolute atomic E-state index is 12.4. The molecule has 9 nitrogen and oxygen atoms in total. The van der Waals surface area contributed by atoms with E-state index in [1.54, 1.807) is 10.7 Å². The molecular formula is C15H23N5O4S. The first-order valence-corrected chi connectivity index (χ1v) is 10.1. The smallest absolute Gasteiger partial charge is 0.314 e. The number of hydrogen-bond acceptors (Lipinski definition) is 5. The van der Waals surface area contributed by atoms with Crippen LogP contribution in [-0.4, -0.2) is 65.7 Å². The zero-order valence-corrected chi connectivity index (χ0v) is 15.1. The van der Waals surface area contributed by atoms with E-state index in [0.717, 1.165) is 5.69 Å². The van der Waals surface area contributed by atoms with Crippen LogP contribution in [0.4, 0.5) is 4.79 Å². The topological polar surface area (TPSA) is 127 Å². The second-order valence-corrected chi connectivity index (χ2v) is 9.25. The van der Waals surface area contributed by atoms with Crippen molar-refractivity contribution in [1.29, 1.82) is 0 Å². The fourth-order valence-corrected chi connectivity index (χ4v) is 4.91. The van der Waals surface area contributed by atoms with Gasteiger partial charge in [-0.3, -0.25) is 9.48 Å². The Morgan fingerprint density at radius 3 is 2.56 bits per heavy atom. The lowest BCUT2D eigenvalue weighted by molar-refractivity contribution is 0.0855. The third kappa shape index (κ3) is 3.63. The van der Waals surface area contributed by atoms with Gasteiger partial charge in [-0.2, -0.15) is 5.10 Å². The number of primary amides is 1. The van der Waals surface area contributed by atoms with Crippen molar-refractivity contribution in [2.75, 3.05) is 24.6 Å². The van der Waals surface area contributed by atoms with Crippen molar-refractivity contribution in [2.45, 2.75) is 38.3 Å². The number of urea groups is 1. The van der Waals surface area contributed by atoms with Gasteiger partial charge in [-0.15, -0.1) is 0 Å². The summed E-state index contributed by atoms with van der Waals surface area (Å²) in [6, 6.07) is 0.854. The Balaban J connectivity index is 1.73. The normalized spacial score (nSPS) is 22.8. The summed E-state index contributed by atoms with van der Waals surface area (Å²) in [5.41, 5.74) is 6.28. The maximum atomic E-state index is 12.4. The molecule has 1 unspecified atom stereocenters. The molecule has 1 atom stereocenters. The van der Waals surface area contributed by atoms with Gasteiger partial charge in [-0.25, -0.2) is 13.2 Å². The fourth-order valence-electron chi connectivity index (χ4n) is 3.22. The predicted molar refractivity (Wildman–Crippen MR) is 91.0 cm³/mol. The molecule has 0 aliphatic carbocycles. The molecule has 25 heavy (non-hydrogen) atoms. The molecule has 2 saturated heterocycles. The van der Waals surface area contributed by atoms with Gasteiger partial charge in [0.2, 0.25) is 0 Å². The highest BCUT2D eigenvalue weighted by Crippen LogP contribution is 2.28. The van der Waals surface area contributed by atoms with E-state index in [2.05, 4.69) is 10.4 Å². The Hall–Kier alpha value is -2.10. The number of hydrogen-bond donors (Lipinski definition) is 2. The van der Waals surface area contributed by atoms with Crippen LogP contribution in [0.2, 0.25) is 0 Å². The van der Waals surface area contributed by atoms with E-state index in [1.165, 1.54) is 4.90 Å². The average molecular weight is 369 g/mol. The number of sulfone groups is 1. The fraction of sp³-hybridized carbons (Fsp3) is 0.667. The van der Waals surface area contributed by atoms with Crippen molar-refractivity contribution in [3.63, 3.8) is 0 Å². The summed E-state index contributed by atoms with van der Waals surface area (Å²) in [5, 5.41) is 7.20. The van der Waals surface area contributed by atoms with E-state index in [-0.39, 0.29) is 41.1 Å². The largest absolute Gasteiger partial charge is 0.351 e. The molecule has 0 bridgehead atoms. The molecule has 0 saturated carbocycles. The van der Waals surface area contributed by atoms with E-state index in [9.17, 15) is 18.0 Å². The summed E-state index contributed by atoms with van der Waals surface area (Å²) < 4.78 is 25.2. The Labute approximate surface area is 146 Å². The molecule has 2 aliphatic heterocycles. The van der Waals surface area contributed by atoms with E-state index < -0.39 is 15.9 Å². The summed E-state index contributed by atoms with van der Waals surface area (Å²) in [6.07, 6.45) is 0.515. The molecule has 3 rings (SSSR count). The number of carbonyl (C=O) groups is 2.